The number of hydrogen-bond acceptors (Lipinski definition) is 4. The molecule has 0 bridgehead atoms. The summed E-state index contributed by atoms with van der Waals surface area (Å²) in [6.07, 6.45) is 2.58. The summed E-state index contributed by atoms with van der Waals surface area (Å²) < 4.78 is 0. The lowest BCUT2D eigenvalue weighted by Crippen LogP contribution is -2.28. The monoisotopic (exact) mass is 356 g/mol. The molecule has 0 saturated heterocycles. The van der Waals surface area contributed by atoms with Crippen molar-refractivity contribution in [2.75, 3.05) is 13.6 Å². The molecule has 7 heteroatoms. The van der Waals surface area contributed by atoms with Gasteiger partial charge in [-0.15, -0.1) is 0 Å². The molecule has 0 atom stereocenters. The van der Waals surface area contributed by atoms with E-state index >= 15 is 0 Å². The van der Waals surface area contributed by atoms with Crippen LogP contribution >= 0.6 is 0 Å². The molecule has 2 aromatic rings. The maximum absolute atomic E-state index is 12.5. The molecule has 1 N–H and O–H groups in total. The number of carbonyl (C=O) groups is 2. The molecule has 2 rings (SSSR count). The smallest absolute Gasteiger partial charge is 0.335 e. The van der Waals surface area contributed by atoms with E-state index < -0.39 is 22.5 Å². The van der Waals surface area contributed by atoms with E-state index in [1.807, 2.05) is 30.3 Å². The fourth-order valence-corrected chi connectivity index (χ4v) is 2.61. The predicted molar refractivity (Wildman–Crippen MR) is 96.4 cm³/mol. The van der Waals surface area contributed by atoms with Crippen LogP contribution in [0.25, 0.3) is 0 Å². The van der Waals surface area contributed by atoms with E-state index in [0.717, 1.165) is 37.5 Å². The molecule has 136 valence electrons. The molecular formula is C19H20N2O5. The molecule has 0 aliphatic rings. The highest BCUT2D eigenvalue weighted by molar-refractivity contribution is 5.98. The Hall–Kier alpha value is -3.22. The van der Waals surface area contributed by atoms with Gasteiger partial charge in [-0.2, -0.15) is 0 Å². The Morgan fingerprint density at radius 3 is 2.35 bits per heavy atom. The van der Waals surface area contributed by atoms with Gasteiger partial charge in [0.25, 0.3) is 11.6 Å². The van der Waals surface area contributed by atoms with Crippen LogP contribution in [0.5, 0.6) is 0 Å². The summed E-state index contributed by atoms with van der Waals surface area (Å²) in [6.45, 7) is 0.483. The Morgan fingerprint density at radius 1 is 1.08 bits per heavy atom. The van der Waals surface area contributed by atoms with Gasteiger partial charge >= 0.3 is 5.97 Å². The normalized spacial score (nSPS) is 10.3. The van der Waals surface area contributed by atoms with Gasteiger partial charge in [0.2, 0.25) is 0 Å². The van der Waals surface area contributed by atoms with Gasteiger partial charge in [-0.1, -0.05) is 30.3 Å². The number of amides is 1. The Bertz CT molecular complexity index is 773. The highest BCUT2D eigenvalue weighted by Crippen LogP contribution is 2.19. The van der Waals surface area contributed by atoms with Crippen LogP contribution in [-0.2, 0) is 6.42 Å². The molecule has 26 heavy (non-hydrogen) atoms. The van der Waals surface area contributed by atoms with Crippen molar-refractivity contribution < 1.29 is 19.6 Å². The van der Waals surface area contributed by atoms with E-state index in [-0.39, 0.29) is 11.1 Å². The topological polar surface area (TPSA) is 101 Å². The minimum Gasteiger partial charge on any atom is -0.478 e. The number of unbranched alkanes of at least 4 members (excludes halogenated alkanes) is 1. The van der Waals surface area contributed by atoms with Crippen molar-refractivity contribution in [2.24, 2.45) is 0 Å². The molecule has 0 heterocycles. The maximum atomic E-state index is 12.5. The zero-order valence-electron chi connectivity index (χ0n) is 14.4. The summed E-state index contributed by atoms with van der Waals surface area (Å²) in [5.41, 5.74) is 0.541. The second-order valence-electron chi connectivity index (χ2n) is 6.00. The molecule has 0 fully saturated rings. The predicted octanol–water partition coefficient (Wildman–Crippen LogP) is 3.39. The summed E-state index contributed by atoms with van der Waals surface area (Å²) in [5, 5.41) is 20.0. The van der Waals surface area contributed by atoms with Crippen molar-refractivity contribution >= 4 is 17.6 Å². The van der Waals surface area contributed by atoms with Gasteiger partial charge in [-0.05, 0) is 30.9 Å². The van der Waals surface area contributed by atoms with Crippen molar-refractivity contribution in [3.05, 3.63) is 75.3 Å². The Labute approximate surface area is 151 Å². The lowest BCUT2D eigenvalue weighted by Gasteiger charge is -2.17. The van der Waals surface area contributed by atoms with Gasteiger partial charge in [-0.25, -0.2) is 4.79 Å². The molecule has 0 radical (unpaired) electrons. The second kappa shape index (κ2) is 8.75. The first-order chi connectivity index (χ1) is 12.4. The third kappa shape index (κ3) is 5.14. The van der Waals surface area contributed by atoms with E-state index in [4.69, 9.17) is 5.11 Å². The standard InChI is InChI=1S/C19H20N2O5/c1-20(10-6-5-9-14-7-3-2-4-8-14)18(22)15-11-16(19(23)24)13-17(12-15)21(25)26/h2-4,7-8,11-13H,5-6,9-10H2,1H3,(H,23,24). The van der Waals surface area contributed by atoms with E-state index in [1.165, 1.54) is 10.5 Å². The van der Waals surface area contributed by atoms with Gasteiger partial charge in [0.15, 0.2) is 0 Å². The molecule has 0 saturated carbocycles. The first-order valence-corrected chi connectivity index (χ1v) is 8.20. The Morgan fingerprint density at radius 2 is 1.73 bits per heavy atom. The SMILES string of the molecule is CN(CCCCc1ccccc1)C(=O)c1cc(C(=O)O)cc([N+](=O)[O-])c1. The number of rotatable bonds is 8. The van der Waals surface area contributed by atoms with Gasteiger partial charge in [0.05, 0.1) is 10.5 Å². The zero-order chi connectivity index (χ0) is 19.1. The van der Waals surface area contributed by atoms with Crippen molar-refractivity contribution in [2.45, 2.75) is 19.3 Å². The number of carboxylic acid groups (broad SMARTS) is 1. The maximum Gasteiger partial charge on any atom is 0.335 e. The van der Waals surface area contributed by atoms with E-state index in [2.05, 4.69) is 0 Å². The number of aryl methyl sites for hydroxylation is 1. The Balaban J connectivity index is 1.98. The van der Waals surface area contributed by atoms with Crippen LogP contribution in [0.2, 0.25) is 0 Å². The van der Waals surface area contributed by atoms with E-state index in [0.29, 0.717) is 6.54 Å². The average molecular weight is 356 g/mol. The lowest BCUT2D eigenvalue weighted by molar-refractivity contribution is -0.384. The van der Waals surface area contributed by atoms with Crippen LogP contribution in [-0.4, -0.2) is 40.4 Å². The van der Waals surface area contributed by atoms with Crippen LogP contribution < -0.4 is 0 Å². The van der Waals surface area contributed by atoms with Crippen LogP contribution in [0.1, 0.15) is 39.1 Å². The number of nitro benzene ring substituents is 1. The van der Waals surface area contributed by atoms with E-state index in [1.54, 1.807) is 7.05 Å². The molecule has 0 unspecified atom stereocenters. The minimum absolute atomic E-state index is 0.00200. The third-order valence-electron chi connectivity index (χ3n) is 4.02. The van der Waals surface area contributed by atoms with Crippen LogP contribution in [0.4, 0.5) is 5.69 Å². The minimum atomic E-state index is -1.31. The average Bonchev–Trinajstić information content (AvgIpc) is 2.64. The van der Waals surface area contributed by atoms with Gasteiger partial charge in [-0.3, -0.25) is 14.9 Å². The van der Waals surface area contributed by atoms with Crippen LogP contribution in [0.15, 0.2) is 48.5 Å². The first-order valence-electron chi connectivity index (χ1n) is 8.20. The fourth-order valence-electron chi connectivity index (χ4n) is 2.61. The van der Waals surface area contributed by atoms with Crippen molar-refractivity contribution in [1.29, 1.82) is 0 Å². The van der Waals surface area contributed by atoms with Gasteiger partial charge in [0, 0.05) is 31.3 Å². The summed E-state index contributed by atoms with van der Waals surface area (Å²) in [4.78, 5) is 35.3. The molecule has 0 aliphatic carbocycles. The van der Waals surface area contributed by atoms with Gasteiger partial charge < -0.3 is 10.0 Å². The summed E-state index contributed by atoms with van der Waals surface area (Å²) in [7, 11) is 1.60. The van der Waals surface area contributed by atoms with Crippen molar-refractivity contribution in [1.82, 2.24) is 4.90 Å². The lowest BCUT2D eigenvalue weighted by atomic mass is 10.1. The van der Waals surface area contributed by atoms with Crippen LogP contribution in [0.3, 0.4) is 0 Å². The van der Waals surface area contributed by atoms with Crippen molar-refractivity contribution in [3.63, 3.8) is 0 Å². The number of carboxylic acids is 1. The number of nitrogens with zero attached hydrogens (tertiary/aromatic N) is 2. The molecule has 0 spiro atoms. The van der Waals surface area contributed by atoms with Crippen LogP contribution in [0, 0.1) is 10.1 Å². The number of nitro groups is 1. The summed E-state index contributed by atoms with van der Waals surface area (Å²) >= 11 is 0. The molecule has 0 aliphatic heterocycles. The third-order valence-corrected chi connectivity index (χ3v) is 4.02. The zero-order valence-corrected chi connectivity index (χ0v) is 14.4. The Kier molecular flexibility index (Phi) is 6.43. The summed E-state index contributed by atoms with van der Waals surface area (Å²) in [6, 6.07) is 13.2. The highest BCUT2D eigenvalue weighted by Gasteiger charge is 2.19. The van der Waals surface area contributed by atoms with Gasteiger partial charge in [0.1, 0.15) is 0 Å². The number of aromatic carboxylic acids is 1. The second-order valence-corrected chi connectivity index (χ2v) is 6.00. The largest absolute Gasteiger partial charge is 0.478 e. The molecular weight excluding hydrogens is 336 g/mol. The number of non-ortho nitro benzene ring substituents is 1. The number of hydrogen-bond donors (Lipinski definition) is 1. The van der Waals surface area contributed by atoms with Crippen molar-refractivity contribution in [3.8, 4) is 0 Å². The van der Waals surface area contributed by atoms with E-state index in [9.17, 15) is 19.7 Å². The molecule has 7 nitrogen and oxygen atoms in total. The molecule has 1 amide bonds. The summed E-state index contributed by atoms with van der Waals surface area (Å²) in [5.74, 6) is -1.75. The quantitative estimate of drug-likeness (QED) is 0.444. The molecule has 2 aromatic carbocycles. The first kappa shape index (κ1) is 19.1. The number of carbonyl (C=O) groups excluding carboxylic acids is 1. The number of benzene rings is 2. The fraction of sp³-hybridized carbons (Fsp3) is 0.263. The highest BCUT2D eigenvalue weighted by atomic mass is 16.6. The molecule has 0 aromatic heterocycles.